The van der Waals surface area contributed by atoms with Crippen molar-refractivity contribution in [2.75, 3.05) is 13.6 Å². The molecule has 1 rings (SSSR count). The van der Waals surface area contributed by atoms with E-state index in [4.69, 9.17) is 5.11 Å². The maximum atomic E-state index is 10.8. The number of carboxylic acid groups (broad SMARTS) is 1. The molecule has 0 saturated heterocycles. The summed E-state index contributed by atoms with van der Waals surface area (Å²) in [6.07, 6.45) is 4.16. The lowest BCUT2D eigenvalue weighted by Gasteiger charge is -2.18. The Morgan fingerprint density at radius 3 is 2.63 bits per heavy atom. The molecule has 0 aliphatic rings. The van der Waals surface area contributed by atoms with E-state index in [1.165, 1.54) is 0 Å². The molecule has 0 bridgehead atoms. The van der Waals surface area contributed by atoms with Crippen molar-refractivity contribution in [3.05, 3.63) is 18.0 Å². The van der Waals surface area contributed by atoms with Gasteiger partial charge in [-0.05, 0) is 26.0 Å². The first-order valence-electron chi connectivity index (χ1n) is 6.93. The molecule has 1 aromatic heterocycles. The van der Waals surface area contributed by atoms with Crippen LogP contribution in [0.3, 0.4) is 0 Å². The fraction of sp³-hybridized carbons (Fsp3) is 0.714. The second kappa shape index (κ2) is 7.28. The molecule has 0 fully saturated rings. The molecule has 5 nitrogen and oxygen atoms in total. The molecule has 1 heterocycles. The summed E-state index contributed by atoms with van der Waals surface area (Å²) in [6, 6.07) is 2.47. The van der Waals surface area contributed by atoms with Crippen molar-refractivity contribution in [3.8, 4) is 0 Å². The molecule has 0 amide bonds. The van der Waals surface area contributed by atoms with E-state index in [1.807, 2.05) is 28.9 Å². The first-order chi connectivity index (χ1) is 8.97. The quantitative estimate of drug-likeness (QED) is 0.785. The summed E-state index contributed by atoms with van der Waals surface area (Å²) >= 11 is 0. The molecule has 1 atom stereocenters. The molecule has 0 aliphatic carbocycles. The van der Waals surface area contributed by atoms with E-state index < -0.39 is 5.97 Å². The Labute approximate surface area is 115 Å². The van der Waals surface area contributed by atoms with Crippen molar-refractivity contribution in [2.45, 2.75) is 46.2 Å². The lowest BCUT2D eigenvalue weighted by atomic mass is 10.2. The monoisotopic (exact) mass is 267 g/mol. The van der Waals surface area contributed by atoms with Gasteiger partial charge in [-0.1, -0.05) is 20.8 Å². The highest BCUT2D eigenvalue weighted by Crippen LogP contribution is 2.15. The fourth-order valence-corrected chi connectivity index (χ4v) is 2.21. The molecular formula is C14H25N3O2. The molecule has 1 N–H and O–H groups in total. The molecule has 0 aliphatic heterocycles. The van der Waals surface area contributed by atoms with Gasteiger partial charge in [0.05, 0.1) is 17.7 Å². The van der Waals surface area contributed by atoms with E-state index in [-0.39, 0.29) is 5.92 Å². The molecule has 5 heteroatoms. The predicted octanol–water partition coefficient (Wildman–Crippen LogP) is 2.40. The van der Waals surface area contributed by atoms with Gasteiger partial charge >= 0.3 is 5.97 Å². The Hall–Kier alpha value is -1.36. The van der Waals surface area contributed by atoms with Gasteiger partial charge in [-0.25, -0.2) is 0 Å². The standard InChI is InChI=1S/C14H25N3O2/c1-5-13(6-2)17-8-7-12(15-17)10-16(4)9-11(3)14(18)19/h7-8,11,13H,5-6,9-10H2,1-4H3,(H,18,19). The van der Waals surface area contributed by atoms with Crippen LogP contribution in [-0.4, -0.2) is 39.3 Å². The van der Waals surface area contributed by atoms with Crippen LogP contribution in [0, 0.1) is 5.92 Å². The van der Waals surface area contributed by atoms with E-state index >= 15 is 0 Å². The molecule has 0 aromatic carbocycles. The van der Waals surface area contributed by atoms with Gasteiger partial charge in [0.1, 0.15) is 0 Å². The highest BCUT2D eigenvalue weighted by atomic mass is 16.4. The molecule has 108 valence electrons. The van der Waals surface area contributed by atoms with Crippen LogP contribution in [0.1, 0.15) is 45.3 Å². The van der Waals surface area contributed by atoms with Crippen molar-refractivity contribution >= 4 is 5.97 Å². The second-order valence-corrected chi connectivity index (χ2v) is 5.19. The van der Waals surface area contributed by atoms with Crippen LogP contribution in [0.2, 0.25) is 0 Å². The van der Waals surface area contributed by atoms with Gasteiger partial charge in [-0.2, -0.15) is 5.10 Å². The van der Waals surface area contributed by atoms with E-state index in [0.29, 0.717) is 19.1 Å². The summed E-state index contributed by atoms with van der Waals surface area (Å²) in [7, 11) is 1.93. The minimum Gasteiger partial charge on any atom is -0.481 e. The summed E-state index contributed by atoms with van der Waals surface area (Å²) in [4.78, 5) is 12.8. The van der Waals surface area contributed by atoms with Crippen LogP contribution >= 0.6 is 0 Å². The Morgan fingerprint density at radius 2 is 2.11 bits per heavy atom. The van der Waals surface area contributed by atoms with Crippen molar-refractivity contribution in [2.24, 2.45) is 5.92 Å². The van der Waals surface area contributed by atoms with E-state index in [9.17, 15) is 4.79 Å². The zero-order valence-corrected chi connectivity index (χ0v) is 12.3. The fourth-order valence-electron chi connectivity index (χ4n) is 2.21. The largest absolute Gasteiger partial charge is 0.481 e. The minimum atomic E-state index is -0.755. The van der Waals surface area contributed by atoms with Crippen LogP contribution in [-0.2, 0) is 11.3 Å². The summed E-state index contributed by atoms with van der Waals surface area (Å²) in [5, 5.41) is 13.5. The summed E-state index contributed by atoms with van der Waals surface area (Å²) < 4.78 is 2.02. The van der Waals surface area contributed by atoms with Gasteiger partial charge < -0.3 is 5.11 Å². The van der Waals surface area contributed by atoms with Crippen molar-refractivity contribution in [3.63, 3.8) is 0 Å². The Kier molecular flexibility index (Phi) is 6.02. The van der Waals surface area contributed by atoms with Gasteiger partial charge in [0.15, 0.2) is 0 Å². The summed E-state index contributed by atoms with van der Waals surface area (Å²) in [5.74, 6) is -1.11. The van der Waals surface area contributed by atoms with E-state index in [1.54, 1.807) is 6.92 Å². The number of hydrogen-bond donors (Lipinski definition) is 1. The van der Waals surface area contributed by atoms with Crippen LogP contribution < -0.4 is 0 Å². The van der Waals surface area contributed by atoms with Crippen molar-refractivity contribution in [1.29, 1.82) is 0 Å². The van der Waals surface area contributed by atoms with Gasteiger partial charge in [0.25, 0.3) is 0 Å². The predicted molar refractivity (Wildman–Crippen MR) is 75.0 cm³/mol. The molecular weight excluding hydrogens is 242 g/mol. The third-order valence-electron chi connectivity index (χ3n) is 3.42. The number of hydrogen-bond acceptors (Lipinski definition) is 3. The average Bonchev–Trinajstić information content (AvgIpc) is 2.78. The van der Waals surface area contributed by atoms with Crippen LogP contribution in [0.15, 0.2) is 12.3 Å². The van der Waals surface area contributed by atoms with Gasteiger partial charge in [-0.3, -0.25) is 14.4 Å². The third-order valence-corrected chi connectivity index (χ3v) is 3.42. The smallest absolute Gasteiger partial charge is 0.307 e. The number of aliphatic carboxylic acids is 1. The summed E-state index contributed by atoms with van der Waals surface area (Å²) in [5.41, 5.74) is 0.993. The van der Waals surface area contributed by atoms with Gasteiger partial charge in [-0.15, -0.1) is 0 Å². The number of carbonyl (C=O) groups is 1. The molecule has 0 radical (unpaired) electrons. The number of aromatic nitrogens is 2. The first kappa shape index (κ1) is 15.7. The SMILES string of the molecule is CCC(CC)n1ccc(CN(C)CC(C)C(=O)O)n1. The zero-order chi connectivity index (χ0) is 14.4. The van der Waals surface area contributed by atoms with Gasteiger partial charge in [0.2, 0.25) is 0 Å². The zero-order valence-electron chi connectivity index (χ0n) is 12.3. The lowest BCUT2D eigenvalue weighted by molar-refractivity contribution is -0.141. The van der Waals surface area contributed by atoms with Crippen molar-refractivity contribution < 1.29 is 9.90 Å². The van der Waals surface area contributed by atoms with Crippen molar-refractivity contribution in [1.82, 2.24) is 14.7 Å². The highest BCUT2D eigenvalue weighted by molar-refractivity contribution is 5.69. The van der Waals surface area contributed by atoms with Gasteiger partial charge in [0, 0.05) is 19.3 Å². The molecule has 1 unspecified atom stereocenters. The van der Waals surface area contributed by atoms with E-state index in [2.05, 4.69) is 18.9 Å². The Bertz CT molecular complexity index is 399. The maximum absolute atomic E-state index is 10.8. The van der Waals surface area contributed by atoms with Crippen LogP contribution in [0.5, 0.6) is 0 Å². The van der Waals surface area contributed by atoms with Crippen LogP contribution in [0.25, 0.3) is 0 Å². The molecule has 0 saturated carbocycles. The Balaban J connectivity index is 2.55. The maximum Gasteiger partial charge on any atom is 0.307 e. The third kappa shape index (κ3) is 4.67. The lowest BCUT2D eigenvalue weighted by Crippen LogP contribution is -2.28. The second-order valence-electron chi connectivity index (χ2n) is 5.19. The first-order valence-corrected chi connectivity index (χ1v) is 6.93. The minimum absolute atomic E-state index is 0.355. The summed E-state index contributed by atoms with van der Waals surface area (Å²) in [6.45, 7) is 7.27. The van der Waals surface area contributed by atoms with Crippen LogP contribution in [0.4, 0.5) is 0 Å². The molecule has 1 aromatic rings. The molecule has 19 heavy (non-hydrogen) atoms. The Morgan fingerprint density at radius 1 is 1.47 bits per heavy atom. The number of carboxylic acids is 1. The number of nitrogens with zero attached hydrogens (tertiary/aromatic N) is 3. The molecule has 0 spiro atoms. The highest BCUT2D eigenvalue weighted by Gasteiger charge is 2.15. The van der Waals surface area contributed by atoms with E-state index in [0.717, 1.165) is 18.5 Å². The topological polar surface area (TPSA) is 58.4 Å². The average molecular weight is 267 g/mol. The normalized spacial score (nSPS) is 13.2. The number of rotatable bonds is 8.